The Labute approximate surface area is 176 Å². The molecule has 0 N–H and O–H groups in total. The van der Waals surface area contributed by atoms with Gasteiger partial charge in [0.2, 0.25) is 0 Å². The lowest BCUT2D eigenvalue weighted by Gasteiger charge is -2.15. The monoisotopic (exact) mass is 425 g/mol. The summed E-state index contributed by atoms with van der Waals surface area (Å²) in [6.45, 7) is 1.23. The summed E-state index contributed by atoms with van der Waals surface area (Å²) in [6.07, 6.45) is 0.869. The Balaban J connectivity index is 1.42. The van der Waals surface area contributed by atoms with Crippen LogP contribution in [0.4, 0.5) is 0 Å². The second kappa shape index (κ2) is 8.36. The van der Waals surface area contributed by atoms with Crippen LogP contribution in [-0.2, 0) is 15.6 Å². The topological polar surface area (TPSA) is 76.8 Å². The number of sulfone groups is 1. The van der Waals surface area contributed by atoms with Crippen molar-refractivity contribution in [2.24, 2.45) is 0 Å². The maximum atomic E-state index is 12.8. The van der Waals surface area contributed by atoms with Crippen LogP contribution in [0.15, 0.2) is 76.0 Å². The number of hydrogen-bond acceptors (Lipinski definition) is 5. The molecule has 1 fully saturated rings. The van der Waals surface area contributed by atoms with E-state index in [1.54, 1.807) is 54.5 Å². The number of ether oxygens (including phenoxy) is 1. The Kier molecular flexibility index (Phi) is 5.63. The van der Waals surface area contributed by atoms with Crippen molar-refractivity contribution in [2.45, 2.75) is 23.0 Å². The summed E-state index contributed by atoms with van der Waals surface area (Å²) in [7, 11) is -1.89. The molecular weight excluding hydrogens is 402 g/mol. The largest absolute Gasteiger partial charge is 0.497 e. The quantitative estimate of drug-likeness (QED) is 0.599. The van der Waals surface area contributed by atoms with Gasteiger partial charge in [-0.3, -0.25) is 4.79 Å². The Morgan fingerprint density at radius 2 is 1.80 bits per heavy atom. The number of carbonyl (C=O) groups is 1. The molecule has 156 valence electrons. The van der Waals surface area contributed by atoms with Gasteiger partial charge in [-0.25, -0.2) is 8.42 Å². The van der Waals surface area contributed by atoms with Crippen LogP contribution in [0, 0.1) is 0 Å². The zero-order valence-electron chi connectivity index (χ0n) is 16.7. The van der Waals surface area contributed by atoms with E-state index in [1.165, 1.54) is 5.56 Å². The molecular formula is C23H23NO5S. The fraction of sp³-hybridized carbons (Fsp3) is 0.261. The second-order valence-corrected chi connectivity index (χ2v) is 9.34. The minimum atomic E-state index is -3.52. The molecule has 4 rings (SSSR count). The van der Waals surface area contributed by atoms with Crippen LogP contribution in [0.25, 0.3) is 0 Å². The third-order valence-electron chi connectivity index (χ3n) is 5.37. The van der Waals surface area contributed by atoms with E-state index in [0.717, 1.165) is 12.2 Å². The molecule has 7 heteroatoms. The van der Waals surface area contributed by atoms with Crippen molar-refractivity contribution in [1.29, 1.82) is 0 Å². The molecule has 0 saturated carbocycles. The molecule has 1 atom stereocenters. The van der Waals surface area contributed by atoms with Gasteiger partial charge in [-0.2, -0.15) is 0 Å². The predicted octanol–water partition coefficient (Wildman–Crippen LogP) is 3.89. The van der Waals surface area contributed by atoms with Crippen LogP contribution in [0.5, 0.6) is 5.75 Å². The summed E-state index contributed by atoms with van der Waals surface area (Å²) in [5.41, 5.74) is 1.17. The lowest BCUT2D eigenvalue weighted by atomic mass is 9.98. The van der Waals surface area contributed by atoms with E-state index in [-0.39, 0.29) is 34.0 Å². The van der Waals surface area contributed by atoms with E-state index in [4.69, 9.17) is 9.15 Å². The number of carbonyl (C=O) groups excluding carboxylic acids is 1. The SMILES string of the molecule is COc1ccc(C2CCN(C(=O)c3ccc(CS(=O)(=O)c4ccccc4)o3)C2)cc1. The zero-order chi connectivity index (χ0) is 21.1. The van der Waals surface area contributed by atoms with Crippen LogP contribution in [0.1, 0.15) is 34.2 Å². The number of nitrogens with zero attached hydrogens (tertiary/aromatic N) is 1. The Morgan fingerprint density at radius 3 is 2.50 bits per heavy atom. The number of hydrogen-bond donors (Lipinski definition) is 0. The Morgan fingerprint density at radius 1 is 1.07 bits per heavy atom. The van der Waals surface area contributed by atoms with Crippen molar-refractivity contribution in [1.82, 2.24) is 4.90 Å². The molecule has 0 aliphatic carbocycles. The van der Waals surface area contributed by atoms with Crippen LogP contribution in [0.2, 0.25) is 0 Å². The number of amides is 1. The molecule has 1 unspecified atom stereocenters. The molecule has 1 aromatic heterocycles. The van der Waals surface area contributed by atoms with E-state index in [1.807, 2.05) is 24.3 Å². The van der Waals surface area contributed by atoms with Gasteiger partial charge in [0.05, 0.1) is 12.0 Å². The molecule has 1 aliphatic rings. The first-order chi connectivity index (χ1) is 14.5. The molecule has 2 heterocycles. The fourth-order valence-electron chi connectivity index (χ4n) is 3.72. The van der Waals surface area contributed by atoms with Crippen LogP contribution < -0.4 is 4.74 Å². The third kappa shape index (κ3) is 4.26. The minimum absolute atomic E-state index is 0.170. The lowest BCUT2D eigenvalue weighted by Crippen LogP contribution is -2.28. The van der Waals surface area contributed by atoms with Crippen molar-refractivity contribution in [3.63, 3.8) is 0 Å². The summed E-state index contributed by atoms with van der Waals surface area (Å²) < 4.78 is 35.8. The number of likely N-dealkylation sites (tertiary alicyclic amines) is 1. The molecule has 2 aromatic carbocycles. The van der Waals surface area contributed by atoms with Gasteiger partial charge in [0.15, 0.2) is 15.6 Å². The summed E-state index contributed by atoms with van der Waals surface area (Å²) in [5, 5.41) is 0. The second-order valence-electron chi connectivity index (χ2n) is 7.35. The summed E-state index contributed by atoms with van der Waals surface area (Å²) in [4.78, 5) is 14.8. The molecule has 1 saturated heterocycles. The van der Waals surface area contributed by atoms with E-state index in [0.29, 0.717) is 13.1 Å². The first-order valence-corrected chi connectivity index (χ1v) is 11.4. The van der Waals surface area contributed by atoms with Gasteiger partial charge in [-0.1, -0.05) is 30.3 Å². The maximum Gasteiger partial charge on any atom is 0.289 e. The Bertz CT molecular complexity index is 1120. The Hall–Kier alpha value is -3.06. The molecule has 1 amide bonds. The molecule has 0 radical (unpaired) electrons. The zero-order valence-corrected chi connectivity index (χ0v) is 17.5. The minimum Gasteiger partial charge on any atom is -0.497 e. The highest BCUT2D eigenvalue weighted by Crippen LogP contribution is 2.30. The fourth-order valence-corrected chi connectivity index (χ4v) is 4.99. The standard InChI is InChI=1S/C23H23NO5S/c1-28-19-9-7-17(8-10-19)18-13-14-24(15-18)23(25)22-12-11-20(29-22)16-30(26,27)21-5-3-2-4-6-21/h2-12,18H,13-16H2,1H3. The first kappa shape index (κ1) is 20.2. The lowest BCUT2D eigenvalue weighted by molar-refractivity contribution is 0.0757. The summed E-state index contributed by atoms with van der Waals surface area (Å²) in [6, 6.07) is 19.2. The van der Waals surface area contributed by atoms with Crippen molar-refractivity contribution in [3.8, 4) is 5.75 Å². The van der Waals surface area contributed by atoms with Crippen molar-refractivity contribution < 1.29 is 22.4 Å². The van der Waals surface area contributed by atoms with Crippen molar-refractivity contribution in [2.75, 3.05) is 20.2 Å². The number of furan rings is 1. The van der Waals surface area contributed by atoms with Gasteiger partial charge in [-0.05, 0) is 48.4 Å². The van der Waals surface area contributed by atoms with Gasteiger partial charge in [0.1, 0.15) is 17.3 Å². The van der Waals surface area contributed by atoms with E-state index in [9.17, 15) is 13.2 Å². The van der Waals surface area contributed by atoms with Crippen LogP contribution in [0.3, 0.4) is 0 Å². The normalized spacial score (nSPS) is 16.6. The van der Waals surface area contributed by atoms with Gasteiger partial charge in [0, 0.05) is 19.0 Å². The first-order valence-electron chi connectivity index (χ1n) is 9.76. The van der Waals surface area contributed by atoms with Gasteiger partial charge in [-0.15, -0.1) is 0 Å². The molecule has 3 aromatic rings. The van der Waals surface area contributed by atoms with Crippen molar-refractivity contribution >= 4 is 15.7 Å². The van der Waals surface area contributed by atoms with E-state index >= 15 is 0 Å². The number of rotatable bonds is 6. The average molecular weight is 426 g/mol. The number of benzene rings is 2. The maximum absolute atomic E-state index is 12.8. The van der Waals surface area contributed by atoms with Crippen LogP contribution in [-0.4, -0.2) is 39.4 Å². The van der Waals surface area contributed by atoms with Crippen molar-refractivity contribution in [3.05, 3.63) is 83.8 Å². The highest BCUT2D eigenvalue weighted by molar-refractivity contribution is 7.90. The number of methoxy groups -OCH3 is 1. The highest BCUT2D eigenvalue weighted by atomic mass is 32.2. The smallest absolute Gasteiger partial charge is 0.289 e. The predicted molar refractivity (Wildman–Crippen MR) is 112 cm³/mol. The van der Waals surface area contributed by atoms with Crippen LogP contribution >= 0.6 is 0 Å². The van der Waals surface area contributed by atoms with E-state index < -0.39 is 9.84 Å². The molecule has 30 heavy (non-hydrogen) atoms. The summed E-state index contributed by atoms with van der Waals surface area (Å²) in [5.74, 6) is 0.996. The van der Waals surface area contributed by atoms with E-state index in [2.05, 4.69) is 0 Å². The third-order valence-corrected chi connectivity index (χ3v) is 7.02. The van der Waals surface area contributed by atoms with Gasteiger partial charge < -0.3 is 14.1 Å². The van der Waals surface area contributed by atoms with Gasteiger partial charge >= 0.3 is 0 Å². The summed E-state index contributed by atoms with van der Waals surface area (Å²) >= 11 is 0. The average Bonchev–Trinajstić information content (AvgIpc) is 3.44. The molecule has 0 spiro atoms. The molecule has 6 nitrogen and oxygen atoms in total. The van der Waals surface area contributed by atoms with Gasteiger partial charge in [0.25, 0.3) is 5.91 Å². The highest BCUT2D eigenvalue weighted by Gasteiger charge is 2.30. The molecule has 1 aliphatic heterocycles. The molecule has 0 bridgehead atoms.